The molecule has 6 nitrogen and oxygen atoms in total. The quantitative estimate of drug-likeness (QED) is 0.554. The lowest BCUT2D eigenvalue weighted by molar-refractivity contribution is -0.124. The highest BCUT2D eigenvalue weighted by atomic mass is 35.5. The molecule has 0 bridgehead atoms. The van der Waals surface area contributed by atoms with Gasteiger partial charge >= 0.3 is 0 Å². The summed E-state index contributed by atoms with van der Waals surface area (Å²) in [5, 5.41) is 3.24. The van der Waals surface area contributed by atoms with Gasteiger partial charge in [0.1, 0.15) is 4.32 Å². The molecule has 0 aliphatic carbocycles. The fraction of sp³-hybridized carbons (Fsp3) is 0.353. The lowest BCUT2D eigenvalue weighted by Crippen LogP contribution is -2.38. The molecule has 10 heteroatoms. The largest absolute Gasteiger partial charge is 0.352 e. The second kappa shape index (κ2) is 8.30. The van der Waals surface area contributed by atoms with Crippen molar-refractivity contribution in [2.24, 2.45) is 0 Å². The van der Waals surface area contributed by atoms with Gasteiger partial charge in [0.25, 0.3) is 5.91 Å². The van der Waals surface area contributed by atoms with Gasteiger partial charge in [-0.3, -0.25) is 14.5 Å². The zero-order chi connectivity index (χ0) is 19.6. The monoisotopic (exact) mass is 444 g/mol. The van der Waals surface area contributed by atoms with E-state index in [-0.39, 0.29) is 42.3 Å². The number of amides is 2. The molecule has 2 amide bonds. The first-order valence-corrected chi connectivity index (χ1v) is 11.7. The number of halogens is 1. The van der Waals surface area contributed by atoms with Crippen molar-refractivity contribution in [3.63, 3.8) is 0 Å². The standard InChI is InChI=1S/C17H17ClN2O4S3/c18-13-4-2-1-3-11(13)9-14-16(22)20(17(25)26-14)7-5-15(21)19-12-6-8-27(23,24)10-12/h1-4,9,12H,5-8,10H2,(H,19,21)/b14-9-/t12-/m1/s1. The van der Waals surface area contributed by atoms with Crippen molar-refractivity contribution < 1.29 is 18.0 Å². The van der Waals surface area contributed by atoms with E-state index in [0.29, 0.717) is 20.7 Å². The number of hydrogen-bond donors (Lipinski definition) is 1. The summed E-state index contributed by atoms with van der Waals surface area (Å²) in [4.78, 5) is 26.5. The van der Waals surface area contributed by atoms with E-state index in [4.69, 9.17) is 23.8 Å². The van der Waals surface area contributed by atoms with Crippen LogP contribution >= 0.6 is 35.6 Å². The van der Waals surface area contributed by atoms with Crippen LogP contribution in [0, 0.1) is 0 Å². The van der Waals surface area contributed by atoms with Gasteiger partial charge in [0.2, 0.25) is 5.91 Å². The van der Waals surface area contributed by atoms with Crippen LogP contribution in [0.15, 0.2) is 29.2 Å². The number of sulfone groups is 1. The number of carbonyl (C=O) groups excluding carboxylic acids is 2. The van der Waals surface area contributed by atoms with Crippen molar-refractivity contribution in [3.8, 4) is 0 Å². The van der Waals surface area contributed by atoms with E-state index in [0.717, 1.165) is 5.56 Å². The molecule has 0 unspecified atom stereocenters. The highest BCUT2D eigenvalue weighted by Gasteiger charge is 2.33. The zero-order valence-corrected chi connectivity index (χ0v) is 17.4. The Kier molecular flexibility index (Phi) is 6.25. The molecule has 3 rings (SSSR count). The van der Waals surface area contributed by atoms with E-state index in [2.05, 4.69) is 5.32 Å². The highest BCUT2D eigenvalue weighted by molar-refractivity contribution is 8.26. The average molecular weight is 445 g/mol. The lowest BCUT2D eigenvalue weighted by Gasteiger charge is -2.15. The molecular formula is C17H17ClN2O4S3. The van der Waals surface area contributed by atoms with Gasteiger partial charge < -0.3 is 5.32 Å². The Labute approximate surface area is 172 Å². The summed E-state index contributed by atoms with van der Waals surface area (Å²) >= 11 is 12.5. The predicted molar refractivity (Wildman–Crippen MR) is 111 cm³/mol. The van der Waals surface area contributed by atoms with Crippen LogP contribution in [0.1, 0.15) is 18.4 Å². The van der Waals surface area contributed by atoms with Gasteiger partial charge in [-0.25, -0.2) is 8.42 Å². The van der Waals surface area contributed by atoms with Gasteiger partial charge in [0.05, 0.1) is 16.4 Å². The number of nitrogens with zero attached hydrogens (tertiary/aromatic N) is 1. The molecule has 2 fully saturated rings. The van der Waals surface area contributed by atoms with Crippen molar-refractivity contribution in [1.82, 2.24) is 10.2 Å². The van der Waals surface area contributed by atoms with E-state index in [1.807, 2.05) is 6.07 Å². The van der Waals surface area contributed by atoms with Crippen LogP contribution in [0.2, 0.25) is 5.02 Å². The molecule has 1 aromatic rings. The normalized spacial score (nSPS) is 23.2. The molecule has 144 valence electrons. The van der Waals surface area contributed by atoms with Crippen molar-refractivity contribution in [2.75, 3.05) is 18.1 Å². The van der Waals surface area contributed by atoms with E-state index in [9.17, 15) is 18.0 Å². The van der Waals surface area contributed by atoms with E-state index < -0.39 is 9.84 Å². The minimum absolute atomic E-state index is 0.0274. The Bertz CT molecular complexity index is 930. The second-order valence-electron chi connectivity index (χ2n) is 6.27. The van der Waals surface area contributed by atoms with Crippen LogP contribution in [-0.4, -0.2) is 53.5 Å². The number of carbonyl (C=O) groups is 2. The topological polar surface area (TPSA) is 83.6 Å². The SMILES string of the molecule is O=C(CCN1C(=O)/C(=C/c2ccccc2Cl)SC1=S)N[C@@H]1CCS(=O)(=O)C1. The Morgan fingerprint density at radius 3 is 2.81 bits per heavy atom. The van der Waals surface area contributed by atoms with E-state index in [1.54, 1.807) is 24.3 Å². The summed E-state index contributed by atoms with van der Waals surface area (Å²) in [7, 11) is -3.05. The first kappa shape index (κ1) is 20.3. The molecule has 2 saturated heterocycles. The average Bonchev–Trinajstić information content (AvgIpc) is 3.07. The van der Waals surface area contributed by atoms with Gasteiger partial charge in [0.15, 0.2) is 9.84 Å². The fourth-order valence-corrected chi connectivity index (χ4v) is 6.01. The van der Waals surface area contributed by atoms with Crippen molar-refractivity contribution >= 4 is 67.6 Å². The lowest BCUT2D eigenvalue weighted by atomic mass is 10.2. The number of rotatable bonds is 5. The van der Waals surface area contributed by atoms with E-state index >= 15 is 0 Å². The summed E-state index contributed by atoms with van der Waals surface area (Å²) in [6.45, 7) is 0.149. The predicted octanol–water partition coefficient (Wildman–Crippen LogP) is 2.23. The summed E-state index contributed by atoms with van der Waals surface area (Å²) in [5.74, 6) is -0.484. The van der Waals surface area contributed by atoms with Crippen LogP contribution in [-0.2, 0) is 19.4 Å². The molecular weight excluding hydrogens is 428 g/mol. The molecule has 1 aromatic carbocycles. The van der Waals surface area contributed by atoms with Gasteiger partial charge in [0, 0.05) is 24.0 Å². The Hall–Kier alpha value is -1.42. The summed E-state index contributed by atoms with van der Waals surface area (Å²) in [5.41, 5.74) is 0.722. The number of nitrogens with one attached hydrogen (secondary N) is 1. The fourth-order valence-electron chi connectivity index (χ4n) is 2.85. The number of thiocarbonyl (C=S) groups is 1. The third-order valence-electron chi connectivity index (χ3n) is 4.23. The van der Waals surface area contributed by atoms with Crippen LogP contribution < -0.4 is 5.32 Å². The number of hydrogen-bond acceptors (Lipinski definition) is 6. The molecule has 1 N–H and O–H groups in total. The van der Waals surface area contributed by atoms with Crippen LogP contribution in [0.3, 0.4) is 0 Å². The molecule has 27 heavy (non-hydrogen) atoms. The van der Waals surface area contributed by atoms with Crippen LogP contribution in [0.5, 0.6) is 0 Å². The van der Waals surface area contributed by atoms with Crippen LogP contribution in [0.4, 0.5) is 0 Å². The summed E-state index contributed by atoms with van der Waals surface area (Å²) in [6, 6.07) is 6.82. The Morgan fingerprint density at radius 2 is 2.15 bits per heavy atom. The first-order chi connectivity index (χ1) is 12.7. The summed E-state index contributed by atoms with van der Waals surface area (Å²) in [6.07, 6.45) is 2.17. The molecule has 2 aliphatic rings. The van der Waals surface area contributed by atoms with Gasteiger partial charge in [-0.2, -0.15) is 0 Å². The van der Waals surface area contributed by atoms with Crippen molar-refractivity contribution in [2.45, 2.75) is 18.9 Å². The third kappa shape index (κ3) is 5.10. The van der Waals surface area contributed by atoms with Crippen molar-refractivity contribution in [3.05, 3.63) is 39.8 Å². The highest BCUT2D eigenvalue weighted by Crippen LogP contribution is 2.33. The maximum atomic E-state index is 12.6. The number of thioether (sulfide) groups is 1. The molecule has 1 atom stereocenters. The zero-order valence-electron chi connectivity index (χ0n) is 14.2. The van der Waals surface area contributed by atoms with Crippen molar-refractivity contribution in [1.29, 1.82) is 0 Å². The van der Waals surface area contributed by atoms with Gasteiger partial charge in [-0.05, 0) is 24.1 Å². The molecule has 2 aliphatic heterocycles. The van der Waals surface area contributed by atoms with Gasteiger partial charge in [-0.1, -0.05) is 53.8 Å². The van der Waals surface area contributed by atoms with E-state index in [1.165, 1.54) is 16.7 Å². The minimum Gasteiger partial charge on any atom is -0.352 e. The molecule has 0 saturated carbocycles. The van der Waals surface area contributed by atoms with Crippen LogP contribution in [0.25, 0.3) is 6.08 Å². The summed E-state index contributed by atoms with van der Waals surface area (Å²) < 4.78 is 23.3. The Morgan fingerprint density at radius 1 is 1.41 bits per heavy atom. The second-order valence-corrected chi connectivity index (χ2v) is 10.6. The third-order valence-corrected chi connectivity index (χ3v) is 7.72. The molecule has 0 spiro atoms. The maximum absolute atomic E-state index is 12.6. The number of benzene rings is 1. The van der Waals surface area contributed by atoms with Gasteiger partial charge in [-0.15, -0.1) is 0 Å². The molecule has 0 aromatic heterocycles. The smallest absolute Gasteiger partial charge is 0.266 e. The maximum Gasteiger partial charge on any atom is 0.266 e. The molecule has 2 heterocycles. The Balaban J connectivity index is 1.58. The first-order valence-electron chi connectivity index (χ1n) is 8.25. The molecule has 0 radical (unpaired) electrons. The minimum atomic E-state index is -3.05.